The summed E-state index contributed by atoms with van der Waals surface area (Å²) in [5.74, 6) is 0.771. The van der Waals surface area contributed by atoms with Crippen LogP contribution in [-0.2, 0) is 7.05 Å². The molecule has 2 aromatic heterocycles. The zero-order valence-corrected chi connectivity index (χ0v) is 11.5. The van der Waals surface area contributed by atoms with Crippen molar-refractivity contribution in [1.82, 2.24) is 19.7 Å². The van der Waals surface area contributed by atoms with E-state index < -0.39 is 0 Å². The minimum absolute atomic E-state index is 0.0783. The fourth-order valence-corrected chi connectivity index (χ4v) is 2.04. The number of hydrogen-bond acceptors (Lipinski definition) is 5. The molecule has 3 aromatic rings. The monoisotopic (exact) mass is 320 g/mol. The van der Waals surface area contributed by atoms with E-state index in [1.807, 2.05) is 7.05 Å². The van der Waals surface area contributed by atoms with Gasteiger partial charge < -0.3 is 14.2 Å². The third-order valence-electron chi connectivity index (χ3n) is 2.66. The zero-order chi connectivity index (χ0) is 13.4. The Hall–Kier alpha value is -2.15. The van der Waals surface area contributed by atoms with Crippen molar-refractivity contribution in [3.63, 3.8) is 0 Å². The van der Waals surface area contributed by atoms with Crippen LogP contribution in [0.5, 0.6) is 5.75 Å². The third-order valence-corrected chi connectivity index (χ3v) is 3.16. The lowest BCUT2D eigenvalue weighted by molar-refractivity contribution is 0.425. The Balaban J connectivity index is 2.04. The molecule has 0 fully saturated rings. The van der Waals surface area contributed by atoms with Gasteiger partial charge in [0, 0.05) is 11.5 Å². The van der Waals surface area contributed by atoms with Crippen molar-refractivity contribution in [3.05, 3.63) is 35.2 Å². The van der Waals surface area contributed by atoms with Gasteiger partial charge in [-0.15, -0.1) is 0 Å². The summed E-state index contributed by atoms with van der Waals surface area (Å²) < 4.78 is 7.74. The second-order valence-electron chi connectivity index (χ2n) is 3.97. The summed E-state index contributed by atoms with van der Waals surface area (Å²) in [6, 6.07) is 5.08. The molecule has 0 saturated heterocycles. The first-order chi connectivity index (χ1) is 9.15. The molecule has 96 valence electrons. The number of aryl methyl sites for hydroxylation is 1. The Kier molecular flexibility index (Phi) is 2.83. The molecular weight excluding hydrogens is 312 g/mol. The molecule has 0 aliphatic carbocycles. The van der Waals surface area contributed by atoms with Gasteiger partial charge >= 0.3 is 0 Å². The molecule has 0 aliphatic heterocycles. The second kappa shape index (κ2) is 4.51. The Morgan fingerprint density at radius 3 is 2.89 bits per heavy atom. The average Bonchev–Trinajstić information content (AvgIpc) is 2.97. The van der Waals surface area contributed by atoms with E-state index in [1.54, 1.807) is 35.3 Å². The van der Waals surface area contributed by atoms with Crippen LogP contribution in [0, 0.1) is 0 Å². The molecule has 2 heterocycles. The molecule has 0 radical (unpaired) electrons. The van der Waals surface area contributed by atoms with Crippen LogP contribution in [0.15, 0.2) is 39.7 Å². The number of benzene rings is 1. The second-order valence-corrected chi connectivity index (χ2v) is 4.89. The molecule has 0 aliphatic rings. The number of rotatable bonds is 2. The number of aromatic hydroxyl groups is 1. The van der Waals surface area contributed by atoms with Gasteiger partial charge in [-0.25, -0.2) is 4.98 Å². The molecule has 19 heavy (non-hydrogen) atoms. The van der Waals surface area contributed by atoms with E-state index in [-0.39, 0.29) is 11.6 Å². The Labute approximate surface area is 116 Å². The molecule has 3 rings (SSSR count). The van der Waals surface area contributed by atoms with E-state index >= 15 is 0 Å². The van der Waals surface area contributed by atoms with Gasteiger partial charge in [0.1, 0.15) is 11.4 Å². The smallest absolute Gasteiger partial charge is 0.262 e. The van der Waals surface area contributed by atoms with Crippen LogP contribution in [0.1, 0.15) is 0 Å². The molecule has 0 spiro atoms. The van der Waals surface area contributed by atoms with Gasteiger partial charge in [0.05, 0.1) is 18.1 Å². The first kappa shape index (κ1) is 11.9. The molecule has 0 unspecified atom stereocenters. The van der Waals surface area contributed by atoms with Crippen LogP contribution in [0.2, 0.25) is 0 Å². The van der Waals surface area contributed by atoms with Crippen molar-refractivity contribution < 1.29 is 9.63 Å². The van der Waals surface area contributed by atoms with Crippen molar-refractivity contribution in [1.29, 1.82) is 0 Å². The van der Waals surface area contributed by atoms with Crippen LogP contribution in [0.4, 0.5) is 0 Å². The molecule has 6 nitrogen and oxygen atoms in total. The average molecular weight is 321 g/mol. The lowest BCUT2D eigenvalue weighted by atomic mass is 10.2. The quantitative estimate of drug-likeness (QED) is 0.785. The van der Waals surface area contributed by atoms with Gasteiger partial charge in [-0.1, -0.05) is 21.1 Å². The Morgan fingerprint density at radius 2 is 2.21 bits per heavy atom. The van der Waals surface area contributed by atoms with Crippen molar-refractivity contribution in [2.75, 3.05) is 0 Å². The van der Waals surface area contributed by atoms with Crippen molar-refractivity contribution in [3.8, 4) is 28.7 Å². The third kappa shape index (κ3) is 2.12. The van der Waals surface area contributed by atoms with E-state index in [9.17, 15) is 5.11 Å². The van der Waals surface area contributed by atoms with Gasteiger partial charge in [0.15, 0.2) is 0 Å². The Bertz CT molecular complexity index is 735. The topological polar surface area (TPSA) is 77.0 Å². The lowest BCUT2D eigenvalue weighted by Gasteiger charge is -1.99. The predicted octanol–water partition coefficient (Wildman–Crippen LogP) is 2.61. The largest absolute Gasteiger partial charge is 0.507 e. The summed E-state index contributed by atoms with van der Waals surface area (Å²) in [7, 11) is 1.84. The molecule has 0 saturated carbocycles. The number of halogens is 1. The van der Waals surface area contributed by atoms with Gasteiger partial charge in [0.2, 0.25) is 5.82 Å². The molecule has 7 heteroatoms. The summed E-state index contributed by atoms with van der Waals surface area (Å²) in [6.45, 7) is 0. The van der Waals surface area contributed by atoms with Crippen molar-refractivity contribution in [2.24, 2.45) is 7.05 Å². The minimum atomic E-state index is 0.0783. The van der Waals surface area contributed by atoms with E-state index in [0.29, 0.717) is 11.4 Å². The van der Waals surface area contributed by atoms with Crippen LogP contribution in [-0.4, -0.2) is 24.8 Å². The molecule has 0 atom stereocenters. The highest BCUT2D eigenvalue weighted by Gasteiger charge is 2.15. The van der Waals surface area contributed by atoms with E-state index in [4.69, 9.17) is 4.52 Å². The zero-order valence-electron chi connectivity index (χ0n) is 9.91. The summed E-state index contributed by atoms with van der Waals surface area (Å²) >= 11 is 3.28. The van der Waals surface area contributed by atoms with Gasteiger partial charge in [0.25, 0.3) is 5.89 Å². The maximum absolute atomic E-state index is 9.86. The first-order valence-corrected chi connectivity index (χ1v) is 6.24. The molecule has 1 N–H and O–H groups in total. The highest BCUT2D eigenvalue weighted by Crippen LogP contribution is 2.31. The minimum Gasteiger partial charge on any atom is -0.507 e. The normalized spacial score (nSPS) is 10.8. The first-order valence-electron chi connectivity index (χ1n) is 5.44. The number of imidazole rings is 1. The van der Waals surface area contributed by atoms with Crippen LogP contribution in [0.3, 0.4) is 0 Å². The van der Waals surface area contributed by atoms with E-state index in [2.05, 4.69) is 31.1 Å². The maximum Gasteiger partial charge on any atom is 0.262 e. The van der Waals surface area contributed by atoms with Gasteiger partial charge in [-0.3, -0.25) is 0 Å². The van der Waals surface area contributed by atoms with E-state index in [0.717, 1.165) is 10.2 Å². The predicted molar refractivity (Wildman–Crippen MR) is 71.3 cm³/mol. The lowest BCUT2D eigenvalue weighted by Crippen LogP contribution is -1.90. The van der Waals surface area contributed by atoms with Crippen LogP contribution in [0.25, 0.3) is 23.0 Å². The van der Waals surface area contributed by atoms with Gasteiger partial charge in [-0.2, -0.15) is 4.98 Å². The van der Waals surface area contributed by atoms with Crippen LogP contribution >= 0.6 is 15.9 Å². The van der Waals surface area contributed by atoms with Gasteiger partial charge in [-0.05, 0) is 18.2 Å². The molecular formula is C12H9BrN4O2. The summed E-state index contributed by atoms with van der Waals surface area (Å²) in [5.41, 5.74) is 1.23. The summed E-state index contributed by atoms with van der Waals surface area (Å²) in [5, 5.41) is 13.8. The highest BCUT2D eigenvalue weighted by atomic mass is 79.9. The van der Waals surface area contributed by atoms with E-state index in [1.165, 1.54) is 0 Å². The maximum atomic E-state index is 9.86. The van der Waals surface area contributed by atoms with Crippen LogP contribution < -0.4 is 0 Å². The summed E-state index contributed by atoms with van der Waals surface area (Å²) in [6.07, 6.45) is 3.30. The standard InChI is InChI=1S/C12H9BrN4O2/c1-17-6-14-5-9(17)11-15-12(19-16-11)8-3-2-7(13)4-10(8)18/h2-6,18H,1H3. The summed E-state index contributed by atoms with van der Waals surface area (Å²) in [4.78, 5) is 8.26. The number of phenolic OH excluding ortho intramolecular Hbond substituents is 1. The molecule has 0 bridgehead atoms. The van der Waals surface area contributed by atoms with Crippen molar-refractivity contribution in [2.45, 2.75) is 0 Å². The number of phenols is 1. The fraction of sp³-hybridized carbons (Fsp3) is 0.0833. The Morgan fingerprint density at radius 1 is 1.37 bits per heavy atom. The molecule has 0 amide bonds. The highest BCUT2D eigenvalue weighted by molar-refractivity contribution is 9.10. The number of aromatic nitrogens is 4. The SMILES string of the molecule is Cn1cncc1-c1noc(-c2ccc(Br)cc2O)n1. The van der Waals surface area contributed by atoms with Crippen molar-refractivity contribution >= 4 is 15.9 Å². The number of nitrogens with zero attached hydrogens (tertiary/aromatic N) is 4. The number of hydrogen-bond donors (Lipinski definition) is 1. The fourth-order valence-electron chi connectivity index (χ4n) is 1.70. The molecule has 1 aromatic carbocycles.